The Morgan fingerprint density at radius 1 is 0.210 bits per heavy atom. The van der Waals surface area contributed by atoms with Crippen LogP contribution in [0.1, 0.15) is 0 Å². The van der Waals surface area contributed by atoms with Gasteiger partial charge in [-0.15, -0.1) is 0 Å². The van der Waals surface area contributed by atoms with Crippen LogP contribution in [-0.4, -0.2) is 11.3 Å². The minimum Gasteiger partial charge on any atom is -0.310 e. The fourth-order valence-corrected chi connectivity index (χ4v) is 16.7. The zero-order valence-electron chi connectivity index (χ0n) is 54.7. The van der Waals surface area contributed by atoms with Crippen LogP contribution in [-0.2, 0) is 0 Å². The second kappa shape index (κ2) is 23.4. The maximum absolute atomic E-state index is 2.67. The number of nitrogens with zero attached hydrogens (tertiary/aromatic N) is 3. The summed E-state index contributed by atoms with van der Waals surface area (Å²) in [6.45, 7) is -0.251. The van der Waals surface area contributed by atoms with E-state index in [9.17, 15) is 0 Å². The number of benzene rings is 17. The third kappa shape index (κ3) is 9.15. The Hall–Kier alpha value is -13.0. The fraction of sp³-hybridized carbons (Fsp3) is 0. The van der Waals surface area contributed by atoms with E-state index in [1.165, 1.54) is 81.7 Å². The highest BCUT2D eigenvalue weighted by Crippen LogP contribution is 2.54. The van der Waals surface area contributed by atoms with Crippen LogP contribution in [0, 0.1) is 0 Å². The van der Waals surface area contributed by atoms with Gasteiger partial charge < -0.3 is 14.4 Å². The first-order valence-electron chi connectivity index (χ1n) is 34.7. The van der Waals surface area contributed by atoms with Gasteiger partial charge in [0.2, 0.25) is 0 Å². The first-order chi connectivity index (χ1) is 49.6. The van der Waals surface area contributed by atoms with Crippen LogP contribution in [0.4, 0.5) is 34.1 Å². The van der Waals surface area contributed by atoms with Gasteiger partial charge in [0.1, 0.15) is 0 Å². The van der Waals surface area contributed by atoms with Crippen molar-refractivity contribution >= 4 is 111 Å². The molecule has 0 amide bonds. The first kappa shape index (κ1) is 57.3. The average molecular weight is 1270 g/mol. The fourth-order valence-electron chi connectivity index (χ4n) is 16.7. The Kier molecular flexibility index (Phi) is 13.4. The van der Waals surface area contributed by atoms with Gasteiger partial charge in [0.15, 0.2) is 0 Å². The summed E-state index contributed by atoms with van der Waals surface area (Å²) in [5.41, 5.74) is 29.8. The van der Waals surface area contributed by atoms with Crippen molar-refractivity contribution in [2.24, 2.45) is 0 Å². The summed E-state index contributed by atoms with van der Waals surface area (Å²) in [5.74, 6) is 0. The van der Waals surface area contributed by atoms with Gasteiger partial charge in [-0.2, -0.15) is 0 Å². The molecule has 0 bridgehead atoms. The summed E-state index contributed by atoms with van der Waals surface area (Å²) < 4.78 is 2.59. The third-order valence-corrected chi connectivity index (χ3v) is 21.1. The normalized spacial score (nSPS) is 12.3. The number of para-hydroxylation sites is 2. The standard InChI is InChI=1S/C96H62BN3/c1-7-27-63(28-8-1)70-50-54-88-85(59-70)97-86-60-71(64-29-9-2-10-30-64)51-55-89(86)100(96-79(67-35-15-5-16-36-67)47-26-48-80(96)68-37-17-6-18-38-68)92-62-74(61-91(94(92)97)99(88)95-77(65-31-11-3-12-32-65)45-25-46-78(95)66-33-13-4-14-34-66)98-87-53-52-73(58-84(87)93-76-42-22-19-39-69(76)49-56-90(93)98)83-57-72-40-20-21-41-75(72)81-43-23-24-44-82(81)83/h1-62H. The number of aromatic nitrogens is 1. The van der Waals surface area contributed by atoms with Gasteiger partial charge >= 0.3 is 0 Å². The monoisotopic (exact) mass is 1270 g/mol. The average Bonchev–Trinajstić information content (AvgIpc) is 0.834. The predicted octanol–water partition coefficient (Wildman–Crippen LogP) is 24.0. The van der Waals surface area contributed by atoms with E-state index in [0.717, 1.165) is 106 Å². The molecule has 0 spiro atoms. The molecular formula is C96H62BN3. The lowest BCUT2D eigenvalue weighted by molar-refractivity contribution is 1.16. The second-order valence-electron chi connectivity index (χ2n) is 26.6. The Bertz CT molecular complexity index is 5910. The molecule has 0 saturated carbocycles. The van der Waals surface area contributed by atoms with Crippen molar-refractivity contribution < 1.29 is 0 Å². The molecule has 0 saturated heterocycles. The zero-order chi connectivity index (χ0) is 65.8. The van der Waals surface area contributed by atoms with E-state index in [4.69, 9.17) is 0 Å². The van der Waals surface area contributed by atoms with Gasteiger partial charge in [-0.1, -0.05) is 328 Å². The largest absolute Gasteiger partial charge is 0.310 e. The van der Waals surface area contributed by atoms with E-state index in [1.807, 2.05) is 0 Å². The molecule has 0 N–H and O–H groups in total. The summed E-state index contributed by atoms with van der Waals surface area (Å²) in [4.78, 5) is 5.34. The molecule has 3 nitrogen and oxygen atoms in total. The molecule has 0 unspecified atom stereocenters. The Morgan fingerprint density at radius 2 is 0.610 bits per heavy atom. The SMILES string of the molecule is c1ccc(-c2ccc3c(c2)B2c4cc(-c5ccccc5)ccc4N(c4c(-c5ccccc5)cccc4-c4ccccc4)c4cc(-n5c6ccc(-c7cc8ccccc8c8ccccc78)cc6c6c7ccccc7ccc65)cc(c42)N3c2c(-c3ccccc3)cccc2-c2ccccc2)cc1. The summed E-state index contributed by atoms with van der Waals surface area (Å²) in [6, 6.07) is 141. The Morgan fingerprint density at radius 3 is 1.10 bits per heavy atom. The van der Waals surface area contributed by atoms with Crippen LogP contribution in [0.5, 0.6) is 0 Å². The van der Waals surface area contributed by atoms with Crippen molar-refractivity contribution in [3.05, 3.63) is 376 Å². The number of hydrogen-bond donors (Lipinski definition) is 0. The molecule has 4 heteroatoms. The Labute approximate surface area is 581 Å². The summed E-state index contributed by atoms with van der Waals surface area (Å²) in [6.07, 6.45) is 0. The molecule has 20 rings (SSSR count). The van der Waals surface area contributed by atoms with E-state index in [-0.39, 0.29) is 6.71 Å². The maximum atomic E-state index is 2.67. The zero-order valence-corrected chi connectivity index (χ0v) is 54.7. The summed E-state index contributed by atoms with van der Waals surface area (Å²) in [5, 5.41) is 9.80. The molecule has 0 radical (unpaired) electrons. The van der Waals surface area contributed by atoms with Crippen LogP contribution in [0.15, 0.2) is 376 Å². The van der Waals surface area contributed by atoms with E-state index in [1.54, 1.807) is 0 Å². The molecule has 1 aromatic heterocycles. The van der Waals surface area contributed by atoms with Gasteiger partial charge in [-0.05, 0) is 153 Å². The van der Waals surface area contributed by atoms with Gasteiger partial charge in [-0.25, -0.2) is 0 Å². The predicted molar refractivity (Wildman–Crippen MR) is 425 cm³/mol. The smallest absolute Gasteiger partial charge is 0.252 e. The first-order valence-corrected chi connectivity index (χ1v) is 34.7. The highest BCUT2D eigenvalue weighted by molar-refractivity contribution is 7.00. The van der Waals surface area contributed by atoms with Gasteiger partial charge in [-0.3, -0.25) is 0 Å². The molecule has 0 fully saturated rings. The molecule has 100 heavy (non-hydrogen) atoms. The van der Waals surface area contributed by atoms with Gasteiger partial charge in [0, 0.05) is 55.8 Å². The van der Waals surface area contributed by atoms with Crippen molar-refractivity contribution in [1.82, 2.24) is 4.57 Å². The molecule has 17 aromatic carbocycles. The van der Waals surface area contributed by atoms with Crippen LogP contribution in [0.3, 0.4) is 0 Å². The Balaban J connectivity index is 0.970. The van der Waals surface area contributed by atoms with Crippen LogP contribution < -0.4 is 26.2 Å². The van der Waals surface area contributed by atoms with E-state index >= 15 is 0 Å². The summed E-state index contributed by atoms with van der Waals surface area (Å²) in [7, 11) is 0. The van der Waals surface area contributed by atoms with Gasteiger partial charge in [0.05, 0.1) is 28.1 Å². The molecule has 464 valence electrons. The second-order valence-corrected chi connectivity index (χ2v) is 26.6. The molecule has 2 aliphatic rings. The van der Waals surface area contributed by atoms with Crippen molar-refractivity contribution in [3.63, 3.8) is 0 Å². The van der Waals surface area contributed by atoms with Crippen molar-refractivity contribution in [1.29, 1.82) is 0 Å². The lowest BCUT2D eigenvalue weighted by atomic mass is 9.33. The topological polar surface area (TPSA) is 11.4 Å². The highest BCUT2D eigenvalue weighted by atomic mass is 15.2. The number of rotatable bonds is 10. The number of hydrogen-bond acceptors (Lipinski definition) is 2. The van der Waals surface area contributed by atoms with Crippen LogP contribution >= 0.6 is 0 Å². The molecule has 18 aromatic rings. The molecule has 0 aliphatic carbocycles. The number of fused-ring (bicyclic) bond motifs is 12. The minimum absolute atomic E-state index is 0.251. The van der Waals surface area contributed by atoms with Crippen LogP contribution in [0.2, 0.25) is 0 Å². The van der Waals surface area contributed by atoms with E-state index in [0.29, 0.717) is 0 Å². The molecular weight excluding hydrogens is 1210 g/mol. The van der Waals surface area contributed by atoms with E-state index < -0.39 is 0 Å². The third-order valence-electron chi connectivity index (χ3n) is 21.1. The van der Waals surface area contributed by atoms with Crippen molar-refractivity contribution in [2.75, 3.05) is 9.80 Å². The lowest BCUT2D eigenvalue weighted by Gasteiger charge is -2.46. The van der Waals surface area contributed by atoms with E-state index in [2.05, 4.69) is 390 Å². The molecule has 3 heterocycles. The van der Waals surface area contributed by atoms with Crippen molar-refractivity contribution in [2.45, 2.75) is 0 Å². The lowest BCUT2D eigenvalue weighted by Crippen LogP contribution is -2.61. The minimum atomic E-state index is -0.251. The quantitative estimate of drug-likeness (QED) is 0.0999. The molecule has 0 atom stereocenters. The highest BCUT2D eigenvalue weighted by Gasteiger charge is 2.46. The molecule has 2 aliphatic heterocycles. The van der Waals surface area contributed by atoms with Crippen LogP contribution in [0.25, 0.3) is 138 Å². The van der Waals surface area contributed by atoms with Crippen molar-refractivity contribution in [3.8, 4) is 83.6 Å². The van der Waals surface area contributed by atoms with Gasteiger partial charge in [0.25, 0.3) is 6.71 Å². The number of anilines is 6. The maximum Gasteiger partial charge on any atom is 0.252 e. The summed E-state index contributed by atoms with van der Waals surface area (Å²) >= 11 is 0.